The molecule has 3 unspecified atom stereocenters. The van der Waals surface area contributed by atoms with Gasteiger partial charge in [-0.25, -0.2) is 0 Å². The number of carbonyl (C=O) groups excluding carboxylic acids is 1. The van der Waals surface area contributed by atoms with Crippen molar-refractivity contribution in [2.75, 3.05) is 0 Å². The lowest BCUT2D eigenvalue weighted by molar-refractivity contribution is -0.143. The summed E-state index contributed by atoms with van der Waals surface area (Å²) in [7, 11) is 0. The first-order valence-electron chi connectivity index (χ1n) is 8.45. The minimum atomic E-state index is -0.0946. The fourth-order valence-electron chi connectivity index (χ4n) is 5.96. The highest BCUT2D eigenvalue weighted by Gasteiger charge is 2.59. The molecule has 0 N–H and O–H groups in total. The van der Waals surface area contributed by atoms with E-state index in [2.05, 4.69) is 30.3 Å². The smallest absolute Gasteiger partial charge is 0.162 e. The molecule has 1 heteroatoms. The SMILES string of the molecule is C/C=C/C(=O)C12CC3CC(CC(C3)C1c1ccccc1)C2. The van der Waals surface area contributed by atoms with E-state index >= 15 is 0 Å². The Morgan fingerprint density at radius 2 is 1.76 bits per heavy atom. The summed E-state index contributed by atoms with van der Waals surface area (Å²) in [6.07, 6.45) is 10.1. The molecule has 0 saturated heterocycles. The molecule has 4 saturated carbocycles. The maximum Gasteiger partial charge on any atom is 0.162 e. The van der Waals surface area contributed by atoms with E-state index < -0.39 is 0 Å². The predicted octanol–water partition coefficient (Wildman–Crippen LogP) is 4.74. The van der Waals surface area contributed by atoms with Gasteiger partial charge in [0.1, 0.15) is 0 Å². The highest BCUT2D eigenvalue weighted by Crippen LogP contribution is 2.66. The molecule has 4 aliphatic carbocycles. The minimum absolute atomic E-state index is 0.0946. The molecule has 0 aromatic heterocycles. The first-order chi connectivity index (χ1) is 10.2. The lowest BCUT2D eigenvalue weighted by atomic mass is 9.43. The molecule has 4 fully saturated rings. The summed E-state index contributed by atoms with van der Waals surface area (Å²) in [5.74, 6) is 3.19. The van der Waals surface area contributed by atoms with Gasteiger partial charge in [-0.1, -0.05) is 36.4 Å². The molecule has 3 atom stereocenters. The van der Waals surface area contributed by atoms with Crippen LogP contribution in [0.5, 0.6) is 0 Å². The number of hydrogen-bond donors (Lipinski definition) is 0. The van der Waals surface area contributed by atoms with E-state index in [0.717, 1.165) is 30.6 Å². The molecule has 5 rings (SSSR count). The maximum atomic E-state index is 13.0. The Balaban J connectivity index is 1.81. The highest BCUT2D eigenvalue weighted by molar-refractivity contribution is 5.96. The Bertz CT molecular complexity index is 557. The predicted molar refractivity (Wildman–Crippen MR) is 85.0 cm³/mol. The monoisotopic (exact) mass is 280 g/mol. The first kappa shape index (κ1) is 13.3. The van der Waals surface area contributed by atoms with Gasteiger partial charge in [0.2, 0.25) is 0 Å². The number of benzene rings is 1. The van der Waals surface area contributed by atoms with Gasteiger partial charge < -0.3 is 0 Å². The quantitative estimate of drug-likeness (QED) is 0.731. The maximum absolute atomic E-state index is 13.0. The lowest BCUT2D eigenvalue weighted by Gasteiger charge is -2.60. The van der Waals surface area contributed by atoms with Crippen molar-refractivity contribution in [1.82, 2.24) is 0 Å². The van der Waals surface area contributed by atoms with Gasteiger partial charge in [-0.15, -0.1) is 0 Å². The average molecular weight is 280 g/mol. The van der Waals surface area contributed by atoms with Gasteiger partial charge in [-0.05, 0) is 74.3 Å². The van der Waals surface area contributed by atoms with Gasteiger partial charge >= 0.3 is 0 Å². The number of hydrogen-bond acceptors (Lipinski definition) is 1. The van der Waals surface area contributed by atoms with E-state index in [4.69, 9.17) is 0 Å². The molecule has 1 nitrogen and oxygen atoms in total. The van der Waals surface area contributed by atoms with Crippen LogP contribution in [0.4, 0.5) is 0 Å². The zero-order chi connectivity index (χ0) is 14.4. The summed E-state index contributed by atoms with van der Waals surface area (Å²) in [6.45, 7) is 1.97. The molecule has 4 bridgehead atoms. The Morgan fingerprint density at radius 3 is 2.38 bits per heavy atom. The topological polar surface area (TPSA) is 17.1 Å². The molecule has 0 amide bonds. The Hall–Kier alpha value is -1.37. The van der Waals surface area contributed by atoms with Gasteiger partial charge in [-0.2, -0.15) is 0 Å². The molecule has 1 aromatic rings. The van der Waals surface area contributed by atoms with Crippen LogP contribution in [0.25, 0.3) is 0 Å². The van der Waals surface area contributed by atoms with Crippen LogP contribution in [0.3, 0.4) is 0 Å². The van der Waals surface area contributed by atoms with Gasteiger partial charge in [0.15, 0.2) is 5.78 Å². The Kier molecular flexibility index (Phi) is 3.06. The van der Waals surface area contributed by atoms with Crippen LogP contribution >= 0.6 is 0 Å². The van der Waals surface area contributed by atoms with E-state index in [9.17, 15) is 4.79 Å². The minimum Gasteiger partial charge on any atom is -0.294 e. The van der Waals surface area contributed by atoms with Crippen LogP contribution in [0, 0.1) is 23.2 Å². The van der Waals surface area contributed by atoms with Crippen molar-refractivity contribution < 1.29 is 4.79 Å². The second-order valence-electron chi connectivity index (χ2n) is 7.52. The second kappa shape index (κ2) is 4.83. The highest BCUT2D eigenvalue weighted by atomic mass is 16.1. The normalized spacial score (nSPS) is 40.8. The van der Waals surface area contributed by atoms with Crippen molar-refractivity contribution in [2.24, 2.45) is 23.2 Å². The van der Waals surface area contributed by atoms with Gasteiger partial charge in [0, 0.05) is 5.41 Å². The van der Waals surface area contributed by atoms with Gasteiger partial charge in [0.25, 0.3) is 0 Å². The third-order valence-electron chi connectivity index (χ3n) is 6.28. The third-order valence-corrected chi connectivity index (χ3v) is 6.28. The van der Waals surface area contributed by atoms with Crippen LogP contribution in [-0.4, -0.2) is 5.78 Å². The van der Waals surface area contributed by atoms with Crippen molar-refractivity contribution in [3.05, 3.63) is 48.0 Å². The first-order valence-corrected chi connectivity index (χ1v) is 8.45. The van der Waals surface area contributed by atoms with Crippen LogP contribution in [0.15, 0.2) is 42.5 Å². The Labute approximate surface area is 127 Å². The molecule has 0 aliphatic heterocycles. The van der Waals surface area contributed by atoms with Gasteiger partial charge in [-0.3, -0.25) is 4.79 Å². The van der Waals surface area contributed by atoms with Crippen molar-refractivity contribution in [1.29, 1.82) is 0 Å². The Morgan fingerprint density at radius 1 is 1.10 bits per heavy atom. The molecule has 0 heterocycles. The molecule has 21 heavy (non-hydrogen) atoms. The molecular weight excluding hydrogens is 256 g/mol. The summed E-state index contributed by atoms with van der Waals surface area (Å²) < 4.78 is 0. The zero-order valence-corrected chi connectivity index (χ0v) is 12.8. The summed E-state index contributed by atoms with van der Waals surface area (Å²) in [5.41, 5.74) is 1.31. The van der Waals surface area contributed by atoms with Crippen molar-refractivity contribution in [2.45, 2.75) is 44.9 Å². The fourth-order valence-corrected chi connectivity index (χ4v) is 5.96. The van der Waals surface area contributed by atoms with Crippen LogP contribution in [0.2, 0.25) is 0 Å². The number of rotatable bonds is 3. The number of ketones is 1. The van der Waals surface area contributed by atoms with E-state index in [1.807, 2.05) is 19.1 Å². The van der Waals surface area contributed by atoms with Crippen LogP contribution in [0.1, 0.15) is 50.5 Å². The molecule has 0 spiro atoms. The average Bonchev–Trinajstić information content (AvgIpc) is 2.47. The van der Waals surface area contributed by atoms with Crippen molar-refractivity contribution >= 4 is 5.78 Å². The largest absolute Gasteiger partial charge is 0.294 e. The van der Waals surface area contributed by atoms with E-state index in [0.29, 0.717) is 11.7 Å². The van der Waals surface area contributed by atoms with E-state index in [1.165, 1.54) is 24.8 Å². The molecule has 110 valence electrons. The van der Waals surface area contributed by atoms with Crippen molar-refractivity contribution in [3.8, 4) is 0 Å². The fraction of sp³-hybridized carbons (Fsp3) is 0.550. The van der Waals surface area contributed by atoms with Crippen LogP contribution in [-0.2, 0) is 4.79 Å². The number of allylic oxidation sites excluding steroid dienone is 2. The lowest BCUT2D eigenvalue weighted by Crippen LogP contribution is -2.54. The van der Waals surface area contributed by atoms with Crippen molar-refractivity contribution in [3.63, 3.8) is 0 Å². The summed E-state index contributed by atoms with van der Waals surface area (Å²) in [4.78, 5) is 13.0. The number of carbonyl (C=O) groups is 1. The summed E-state index contributed by atoms with van der Waals surface area (Å²) in [5, 5.41) is 0. The molecule has 4 aliphatic rings. The second-order valence-corrected chi connectivity index (χ2v) is 7.52. The summed E-state index contributed by atoms with van der Waals surface area (Å²) >= 11 is 0. The summed E-state index contributed by atoms with van der Waals surface area (Å²) in [6, 6.07) is 10.8. The van der Waals surface area contributed by atoms with Crippen LogP contribution < -0.4 is 0 Å². The molecule has 0 radical (unpaired) electrons. The standard InChI is InChI=1S/C20H24O/c1-2-6-18(21)20-12-14-9-15(13-20)11-17(10-14)19(20)16-7-4-3-5-8-16/h2-8,14-15,17,19H,9-13H2,1H3/b6-2+. The van der Waals surface area contributed by atoms with E-state index in [1.54, 1.807) is 0 Å². The molecule has 1 aromatic carbocycles. The zero-order valence-electron chi connectivity index (χ0n) is 12.8. The van der Waals surface area contributed by atoms with E-state index in [-0.39, 0.29) is 5.41 Å². The molecular formula is C20H24O. The third kappa shape index (κ3) is 1.93. The van der Waals surface area contributed by atoms with Gasteiger partial charge in [0.05, 0.1) is 0 Å².